The Morgan fingerprint density at radius 2 is 1.67 bits per heavy atom. The first-order valence-electron chi connectivity index (χ1n) is 9.16. The van der Waals surface area contributed by atoms with Crippen molar-refractivity contribution in [3.8, 4) is 5.75 Å². The van der Waals surface area contributed by atoms with Crippen molar-refractivity contribution in [3.05, 3.63) is 77.9 Å². The molecule has 4 heteroatoms. The summed E-state index contributed by atoms with van der Waals surface area (Å²) in [5, 5.41) is 6.87. The molecule has 0 aliphatic carbocycles. The fourth-order valence-electron chi connectivity index (χ4n) is 2.99. The molecule has 0 saturated carbocycles. The number of fused-ring (bicyclic) bond motifs is 1. The molecule has 0 radical (unpaired) electrons. The average Bonchev–Trinajstić information content (AvgIpc) is 2.70. The van der Waals surface area contributed by atoms with Crippen molar-refractivity contribution in [3.63, 3.8) is 0 Å². The molecule has 3 rings (SSSR count). The molecule has 0 spiro atoms. The normalized spacial score (nSPS) is 11.8. The zero-order chi connectivity index (χ0) is 19.1. The molecule has 3 aromatic rings. The molecule has 0 saturated heterocycles. The van der Waals surface area contributed by atoms with E-state index >= 15 is 0 Å². The molecule has 0 aliphatic heterocycles. The third-order valence-corrected chi connectivity index (χ3v) is 4.41. The lowest BCUT2D eigenvalue weighted by atomic mass is 9.96. The molecule has 0 N–H and O–H groups in total. The predicted molar refractivity (Wildman–Crippen MR) is 112 cm³/mol. The summed E-state index contributed by atoms with van der Waals surface area (Å²) in [6, 6.07) is 22.5. The number of hydrogen-bond acceptors (Lipinski definition) is 4. The minimum absolute atomic E-state index is 0.586. The van der Waals surface area contributed by atoms with Gasteiger partial charge in [0.15, 0.2) is 0 Å². The van der Waals surface area contributed by atoms with E-state index in [1.807, 2.05) is 30.3 Å². The maximum atomic E-state index is 5.69. The van der Waals surface area contributed by atoms with E-state index in [1.165, 1.54) is 5.39 Å². The predicted octanol–water partition coefficient (Wildman–Crippen LogP) is 4.57. The summed E-state index contributed by atoms with van der Waals surface area (Å²) >= 11 is 0. The lowest BCUT2D eigenvalue weighted by Crippen LogP contribution is -2.14. The second-order valence-electron chi connectivity index (χ2n) is 6.69. The van der Waals surface area contributed by atoms with Crippen LogP contribution in [0.4, 0.5) is 0 Å². The number of rotatable bonds is 8. The van der Waals surface area contributed by atoms with E-state index in [1.54, 1.807) is 7.11 Å². The molecule has 27 heavy (non-hydrogen) atoms. The van der Waals surface area contributed by atoms with E-state index in [4.69, 9.17) is 9.57 Å². The number of oxime groups is 1. The Morgan fingerprint density at radius 3 is 2.41 bits per heavy atom. The van der Waals surface area contributed by atoms with Crippen molar-refractivity contribution in [1.29, 1.82) is 0 Å². The van der Waals surface area contributed by atoms with Crippen molar-refractivity contribution in [2.45, 2.75) is 6.42 Å². The van der Waals surface area contributed by atoms with Crippen molar-refractivity contribution in [2.75, 3.05) is 34.4 Å². The van der Waals surface area contributed by atoms with Gasteiger partial charge in [0.2, 0.25) is 0 Å². The topological polar surface area (TPSA) is 34.1 Å². The molecule has 0 aromatic heterocycles. The Morgan fingerprint density at radius 1 is 0.926 bits per heavy atom. The van der Waals surface area contributed by atoms with Crippen LogP contribution >= 0.6 is 0 Å². The molecule has 4 nitrogen and oxygen atoms in total. The van der Waals surface area contributed by atoms with Crippen molar-refractivity contribution >= 4 is 16.5 Å². The molecular weight excluding hydrogens is 336 g/mol. The Hall–Kier alpha value is -2.85. The van der Waals surface area contributed by atoms with E-state index in [0.717, 1.165) is 40.9 Å². The highest BCUT2D eigenvalue weighted by molar-refractivity contribution is 6.19. The SMILES string of the molecule is COc1ccc(C(=NOCCCN(C)C)c2cccc3ccccc23)cc1. The third kappa shape index (κ3) is 4.86. The van der Waals surface area contributed by atoms with E-state index in [2.05, 4.69) is 60.5 Å². The fraction of sp³-hybridized carbons (Fsp3) is 0.261. The van der Waals surface area contributed by atoms with Gasteiger partial charge in [-0.3, -0.25) is 0 Å². The van der Waals surface area contributed by atoms with Gasteiger partial charge >= 0.3 is 0 Å². The van der Waals surface area contributed by atoms with Crippen LogP contribution in [0.1, 0.15) is 17.5 Å². The molecule has 0 unspecified atom stereocenters. The van der Waals surface area contributed by atoms with Crippen molar-refractivity contribution < 1.29 is 9.57 Å². The standard InChI is InChI=1S/C23H26N2O2/c1-25(2)16-7-17-27-24-23(19-12-14-20(26-3)15-13-19)22-11-6-9-18-8-4-5-10-21(18)22/h4-6,8-15H,7,16-17H2,1-3H3. The number of hydrogen-bond donors (Lipinski definition) is 0. The zero-order valence-electron chi connectivity index (χ0n) is 16.2. The van der Waals surface area contributed by atoms with Crippen LogP contribution in [0.5, 0.6) is 5.75 Å². The molecule has 0 fully saturated rings. The van der Waals surface area contributed by atoms with Crippen LogP contribution in [0.25, 0.3) is 10.8 Å². The Labute approximate surface area is 161 Å². The number of methoxy groups -OCH3 is 1. The van der Waals surface area contributed by atoms with Gasteiger partial charge in [0.05, 0.1) is 7.11 Å². The van der Waals surface area contributed by atoms with Gasteiger partial charge in [-0.1, -0.05) is 47.6 Å². The van der Waals surface area contributed by atoms with Crippen LogP contribution in [-0.4, -0.2) is 45.0 Å². The maximum absolute atomic E-state index is 5.69. The molecule has 140 valence electrons. The van der Waals surface area contributed by atoms with Gasteiger partial charge < -0.3 is 14.5 Å². The first-order valence-corrected chi connectivity index (χ1v) is 9.16. The molecule has 3 aromatic carbocycles. The fourth-order valence-corrected chi connectivity index (χ4v) is 2.99. The van der Waals surface area contributed by atoms with Gasteiger partial charge in [0.1, 0.15) is 18.1 Å². The highest BCUT2D eigenvalue weighted by Gasteiger charge is 2.12. The Bertz CT molecular complexity index is 896. The molecule has 0 heterocycles. The van der Waals surface area contributed by atoms with Gasteiger partial charge in [-0.15, -0.1) is 0 Å². The van der Waals surface area contributed by atoms with Gasteiger partial charge in [-0.25, -0.2) is 0 Å². The maximum Gasteiger partial charge on any atom is 0.118 e. The summed E-state index contributed by atoms with van der Waals surface area (Å²) in [5.41, 5.74) is 2.89. The van der Waals surface area contributed by atoms with Gasteiger partial charge in [-0.2, -0.15) is 0 Å². The minimum atomic E-state index is 0.586. The second-order valence-corrected chi connectivity index (χ2v) is 6.69. The zero-order valence-corrected chi connectivity index (χ0v) is 16.2. The summed E-state index contributed by atoms with van der Waals surface area (Å²) in [6.45, 7) is 1.56. The van der Waals surface area contributed by atoms with Crippen molar-refractivity contribution in [2.24, 2.45) is 5.16 Å². The lowest BCUT2D eigenvalue weighted by Gasteiger charge is -2.12. The highest BCUT2D eigenvalue weighted by Crippen LogP contribution is 2.23. The van der Waals surface area contributed by atoms with E-state index in [9.17, 15) is 0 Å². The van der Waals surface area contributed by atoms with Crippen molar-refractivity contribution in [1.82, 2.24) is 4.90 Å². The average molecular weight is 362 g/mol. The quantitative estimate of drug-likeness (QED) is 0.334. The van der Waals surface area contributed by atoms with Crippen LogP contribution < -0.4 is 4.74 Å². The first kappa shape index (κ1) is 18.9. The van der Waals surface area contributed by atoms with Gasteiger partial charge in [0, 0.05) is 17.7 Å². The lowest BCUT2D eigenvalue weighted by molar-refractivity contribution is 0.135. The summed E-state index contributed by atoms with van der Waals surface area (Å²) in [5.74, 6) is 0.822. The Kier molecular flexibility index (Phi) is 6.44. The monoisotopic (exact) mass is 362 g/mol. The second kappa shape index (κ2) is 9.19. The van der Waals surface area contributed by atoms with Crippen LogP contribution in [0, 0.1) is 0 Å². The van der Waals surface area contributed by atoms with E-state index in [0.29, 0.717) is 6.61 Å². The molecular formula is C23H26N2O2. The van der Waals surface area contributed by atoms with E-state index in [-0.39, 0.29) is 0 Å². The largest absolute Gasteiger partial charge is 0.497 e. The molecule has 0 bridgehead atoms. The van der Waals surface area contributed by atoms with Gasteiger partial charge in [0.25, 0.3) is 0 Å². The number of benzene rings is 3. The summed E-state index contributed by atoms with van der Waals surface area (Å²) in [6.07, 6.45) is 0.932. The Balaban J connectivity index is 1.95. The van der Waals surface area contributed by atoms with E-state index < -0.39 is 0 Å². The smallest absolute Gasteiger partial charge is 0.118 e. The molecule has 0 atom stereocenters. The highest BCUT2D eigenvalue weighted by atomic mass is 16.6. The summed E-state index contributed by atoms with van der Waals surface area (Å²) in [7, 11) is 5.78. The van der Waals surface area contributed by atoms with Crippen LogP contribution in [-0.2, 0) is 4.84 Å². The third-order valence-electron chi connectivity index (χ3n) is 4.41. The van der Waals surface area contributed by atoms with Gasteiger partial charge in [-0.05, 0) is 55.6 Å². The minimum Gasteiger partial charge on any atom is -0.497 e. The number of nitrogens with zero attached hydrogens (tertiary/aromatic N) is 2. The first-order chi connectivity index (χ1) is 13.2. The molecule has 0 amide bonds. The number of ether oxygens (including phenoxy) is 1. The van der Waals surface area contributed by atoms with Crippen LogP contribution in [0.3, 0.4) is 0 Å². The molecule has 0 aliphatic rings. The summed E-state index contributed by atoms with van der Waals surface area (Å²) in [4.78, 5) is 7.83. The van der Waals surface area contributed by atoms with Crippen LogP contribution in [0.2, 0.25) is 0 Å². The van der Waals surface area contributed by atoms with Crippen LogP contribution in [0.15, 0.2) is 71.9 Å². The summed E-state index contributed by atoms with van der Waals surface area (Å²) < 4.78 is 5.28.